The van der Waals surface area contributed by atoms with E-state index in [-0.39, 0.29) is 11.9 Å². The van der Waals surface area contributed by atoms with Gasteiger partial charge in [-0.15, -0.1) is 0 Å². The molecule has 0 radical (unpaired) electrons. The van der Waals surface area contributed by atoms with E-state index in [1.807, 2.05) is 29.2 Å². The minimum absolute atomic E-state index is 0.0656. The Kier molecular flexibility index (Phi) is 5.16. The maximum Gasteiger partial charge on any atom is 0.256 e. The van der Waals surface area contributed by atoms with E-state index in [2.05, 4.69) is 15.2 Å². The maximum atomic E-state index is 12.9. The molecule has 2 aromatic heterocycles. The summed E-state index contributed by atoms with van der Waals surface area (Å²) in [5, 5.41) is 8.24. The molecule has 0 bridgehead atoms. The van der Waals surface area contributed by atoms with Crippen LogP contribution in [0, 0.1) is 0 Å². The van der Waals surface area contributed by atoms with E-state index >= 15 is 0 Å². The van der Waals surface area contributed by atoms with Crippen molar-refractivity contribution in [2.24, 2.45) is 0 Å². The van der Waals surface area contributed by atoms with Gasteiger partial charge in [-0.1, -0.05) is 23.7 Å². The van der Waals surface area contributed by atoms with Gasteiger partial charge in [0.05, 0.1) is 24.2 Å². The second-order valence-corrected chi connectivity index (χ2v) is 7.05. The van der Waals surface area contributed by atoms with Crippen molar-refractivity contribution in [3.05, 3.63) is 76.7 Å². The van der Waals surface area contributed by atoms with Crippen LogP contribution in [-0.2, 0) is 6.42 Å². The van der Waals surface area contributed by atoms with Gasteiger partial charge in [0.25, 0.3) is 5.91 Å². The molecule has 1 fully saturated rings. The number of hydrogen-bond donors (Lipinski definition) is 0. The molecular formula is C20H19ClN4O2. The fourth-order valence-electron chi connectivity index (χ4n) is 3.42. The SMILES string of the molecule is O=C(c1ccnnc1)N1CCCCC1c1ncc(Cc2cccc(Cl)c2)o1. The largest absolute Gasteiger partial charge is 0.443 e. The second-order valence-electron chi connectivity index (χ2n) is 6.61. The molecule has 1 aliphatic rings. The fourth-order valence-corrected chi connectivity index (χ4v) is 3.63. The van der Waals surface area contributed by atoms with Gasteiger partial charge in [0.15, 0.2) is 0 Å². The quantitative estimate of drug-likeness (QED) is 0.679. The number of carbonyl (C=O) groups is 1. The van der Waals surface area contributed by atoms with Crippen molar-refractivity contribution in [2.45, 2.75) is 31.7 Å². The number of halogens is 1. The minimum atomic E-state index is -0.160. The molecule has 1 aromatic carbocycles. The van der Waals surface area contributed by atoms with E-state index < -0.39 is 0 Å². The lowest BCUT2D eigenvalue weighted by Crippen LogP contribution is -2.38. The lowest BCUT2D eigenvalue weighted by atomic mass is 10.0. The van der Waals surface area contributed by atoms with Crippen LogP contribution in [0.25, 0.3) is 0 Å². The number of amides is 1. The minimum Gasteiger partial charge on any atom is -0.443 e. The predicted molar refractivity (Wildman–Crippen MR) is 100 cm³/mol. The van der Waals surface area contributed by atoms with Crippen LogP contribution in [0.4, 0.5) is 0 Å². The van der Waals surface area contributed by atoms with Gasteiger partial charge >= 0.3 is 0 Å². The van der Waals surface area contributed by atoms with Crippen molar-refractivity contribution in [1.29, 1.82) is 0 Å². The van der Waals surface area contributed by atoms with Crippen LogP contribution in [0.15, 0.2) is 53.3 Å². The van der Waals surface area contributed by atoms with Gasteiger partial charge in [0, 0.05) is 18.0 Å². The van der Waals surface area contributed by atoms with Crippen molar-refractivity contribution in [3.63, 3.8) is 0 Å². The van der Waals surface area contributed by atoms with Crippen molar-refractivity contribution >= 4 is 17.5 Å². The summed E-state index contributed by atoms with van der Waals surface area (Å²) in [7, 11) is 0. The normalized spacial score (nSPS) is 17.1. The fraction of sp³-hybridized carbons (Fsp3) is 0.300. The summed E-state index contributed by atoms with van der Waals surface area (Å²) in [6, 6.07) is 9.20. The molecule has 138 valence electrons. The molecule has 0 saturated carbocycles. The molecule has 0 spiro atoms. The van der Waals surface area contributed by atoms with Gasteiger partial charge in [-0.3, -0.25) is 4.79 Å². The predicted octanol–water partition coefficient (Wildman–Crippen LogP) is 4.08. The van der Waals surface area contributed by atoms with Crippen LogP contribution < -0.4 is 0 Å². The average Bonchev–Trinajstić information content (AvgIpc) is 3.16. The molecule has 1 saturated heterocycles. The molecule has 0 aliphatic carbocycles. The number of aromatic nitrogens is 3. The maximum absolute atomic E-state index is 12.9. The van der Waals surface area contributed by atoms with Gasteiger partial charge < -0.3 is 9.32 Å². The summed E-state index contributed by atoms with van der Waals surface area (Å²) in [5.74, 6) is 1.28. The van der Waals surface area contributed by atoms with E-state index in [0.29, 0.717) is 29.4 Å². The summed E-state index contributed by atoms with van der Waals surface area (Å²) in [5.41, 5.74) is 1.59. The average molecular weight is 383 g/mol. The lowest BCUT2D eigenvalue weighted by Gasteiger charge is -2.33. The summed E-state index contributed by atoms with van der Waals surface area (Å²) in [6.45, 7) is 0.678. The van der Waals surface area contributed by atoms with E-state index in [9.17, 15) is 4.79 Å². The zero-order valence-corrected chi connectivity index (χ0v) is 15.5. The first-order valence-electron chi connectivity index (χ1n) is 8.97. The van der Waals surface area contributed by atoms with E-state index in [0.717, 1.165) is 30.6 Å². The summed E-state index contributed by atoms with van der Waals surface area (Å²) in [6.07, 6.45) is 8.21. The van der Waals surface area contributed by atoms with Gasteiger partial charge in [-0.2, -0.15) is 10.2 Å². The highest BCUT2D eigenvalue weighted by atomic mass is 35.5. The topological polar surface area (TPSA) is 72.1 Å². The number of carbonyl (C=O) groups excluding carboxylic acids is 1. The van der Waals surface area contributed by atoms with Gasteiger partial charge in [-0.25, -0.2) is 4.98 Å². The highest BCUT2D eigenvalue weighted by molar-refractivity contribution is 6.30. The van der Waals surface area contributed by atoms with Crippen molar-refractivity contribution in [2.75, 3.05) is 6.54 Å². The standard InChI is InChI=1S/C20H19ClN4O2/c21-16-5-3-4-14(10-16)11-17-13-22-19(27-17)18-6-1-2-9-25(18)20(26)15-7-8-23-24-12-15/h3-5,7-8,10,12-13,18H,1-2,6,9,11H2. The van der Waals surface area contributed by atoms with Crippen molar-refractivity contribution in [3.8, 4) is 0 Å². The third-order valence-electron chi connectivity index (χ3n) is 4.72. The Morgan fingerprint density at radius 3 is 2.96 bits per heavy atom. The van der Waals surface area contributed by atoms with Gasteiger partial charge in [0.2, 0.25) is 5.89 Å². The van der Waals surface area contributed by atoms with Gasteiger partial charge in [-0.05, 0) is 43.0 Å². The third-order valence-corrected chi connectivity index (χ3v) is 4.95. The van der Waals surface area contributed by atoms with E-state index in [1.165, 1.54) is 12.4 Å². The Hall–Kier alpha value is -2.73. The Bertz CT molecular complexity index is 928. The first-order chi connectivity index (χ1) is 13.2. The monoisotopic (exact) mass is 382 g/mol. The molecule has 1 amide bonds. The van der Waals surface area contributed by atoms with E-state index in [1.54, 1.807) is 12.3 Å². The molecule has 1 aliphatic heterocycles. The summed E-state index contributed by atoms with van der Waals surface area (Å²) >= 11 is 6.05. The van der Waals surface area contributed by atoms with Crippen molar-refractivity contribution in [1.82, 2.24) is 20.1 Å². The molecule has 3 aromatic rings. The number of rotatable bonds is 4. The molecule has 1 atom stereocenters. The van der Waals surface area contributed by atoms with Crippen LogP contribution in [0.5, 0.6) is 0 Å². The van der Waals surface area contributed by atoms with Crippen molar-refractivity contribution < 1.29 is 9.21 Å². The smallest absolute Gasteiger partial charge is 0.256 e. The number of oxazole rings is 1. The summed E-state index contributed by atoms with van der Waals surface area (Å²) < 4.78 is 6.01. The lowest BCUT2D eigenvalue weighted by molar-refractivity contribution is 0.0569. The number of benzene rings is 1. The molecule has 4 rings (SSSR count). The summed E-state index contributed by atoms with van der Waals surface area (Å²) in [4.78, 5) is 19.2. The van der Waals surface area contributed by atoms with Crippen LogP contribution >= 0.6 is 11.6 Å². The van der Waals surface area contributed by atoms with Crippen LogP contribution in [0.1, 0.15) is 52.9 Å². The second kappa shape index (κ2) is 7.88. The van der Waals surface area contributed by atoms with Crippen LogP contribution in [0.3, 0.4) is 0 Å². The number of nitrogens with zero attached hydrogens (tertiary/aromatic N) is 4. The Labute approximate surface area is 162 Å². The van der Waals surface area contributed by atoms with E-state index in [4.69, 9.17) is 16.0 Å². The molecule has 7 heteroatoms. The number of likely N-dealkylation sites (tertiary alicyclic amines) is 1. The van der Waals surface area contributed by atoms with Gasteiger partial charge in [0.1, 0.15) is 11.8 Å². The number of hydrogen-bond acceptors (Lipinski definition) is 5. The van der Waals surface area contributed by atoms with Crippen LogP contribution in [0.2, 0.25) is 5.02 Å². The molecule has 0 N–H and O–H groups in total. The Balaban J connectivity index is 1.54. The third kappa shape index (κ3) is 4.01. The number of piperidine rings is 1. The molecule has 1 unspecified atom stereocenters. The molecule has 6 nitrogen and oxygen atoms in total. The Morgan fingerprint density at radius 1 is 1.22 bits per heavy atom. The molecule has 27 heavy (non-hydrogen) atoms. The molecular weight excluding hydrogens is 364 g/mol. The molecule has 3 heterocycles. The zero-order valence-electron chi connectivity index (χ0n) is 14.7. The highest BCUT2D eigenvalue weighted by Crippen LogP contribution is 2.32. The van der Waals surface area contributed by atoms with Crippen LogP contribution in [-0.4, -0.2) is 32.5 Å². The first-order valence-corrected chi connectivity index (χ1v) is 9.35. The Morgan fingerprint density at radius 2 is 2.15 bits per heavy atom. The highest BCUT2D eigenvalue weighted by Gasteiger charge is 2.32. The zero-order chi connectivity index (χ0) is 18.6. The first kappa shape index (κ1) is 17.7.